The Morgan fingerprint density at radius 2 is 1.72 bits per heavy atom. The molecular weight excluding hydrogens is 374 g/mol. The summed E-state index contributed by atoms with van der Waals surface area (Å²) in [6, 6.07) is 13.0. The fourth-order valence-corrected chi connectivity index (χ4v) is 2.36. The summed E-state index contributed by atoms with van der Waals surface area (Å²) in [6.45, 7) is 5.12. The predicted molar refractivity (Wildman–Crippen MR) is 109 cm³/mol. The van der Waals surface area contributed by atoms with Gasteiger partial charge in [0.2, 0.25) is 5.91 Å². The van der Waals surface area contributed by atoms with E-state index in [-0.39, 0.29) is 24.7 Å². The average Bonchev–Trinajstić information content (AvgIpc) is 2.64. The zero-order valence-electron chi connectivity index (χ0n) is 16.6. The van der Waals surface area contributed by atoms with Crippen molar-refractivity contribution in [1.29, 1.82) is 0 Å². The quantitative estimate of drug-likeness (QED) is 0.596. The number of para-hydroxylation sites is 1. The average molecular weight is 399 g/mol. The molecule has 154 valence electrons. The number of hydrogen-bond donors (Lipinski definition) is 4. The molecule has 0 aliphatic rings. The van der Waals surface area contributed by atoms with Crippen LogP contribution >= 0.6 is 0 Å². The molecule has 2 aromatic carbocycles. The number of aromatic hydroxyl groups is 1. The largest absolute Gasteiger partial charge is 0.508 e. The molecule has 0 heterocycles. The molecule has 0 aliphatic carbocycles. The Bertz CT molecular complexity index is 890. The van der Waals surface area contributed by atoms with Crippen molar-refractivity contribution in [2.24, 2.45) is 0 Å². The molecule has 0 atom stereocenters. The van der Waals surface area contributed by atoms with Crippen LogP contribution in [0.15, 0.2) is 48.5 Å². The van der Waals surface area contributed by atoms with Gasteiger partial charge >= 0.3 is 6.09 Å². The monoisotopic (exact) mass is 399 g/mol. The molecule has 29 heavy (non-hydrogen) atoms. The number of phenols is 1. The first kappa shape index (κ1) is 21.7. The Hall–Kier alpha value is -3.55. The van der Waals surface area contributed by atoms with Crippen molar-refractivity contribution in [3.8, 4) is 5.75 Å². The number of anilines is 1. The first-order valence-corrected chi connectivity index (χ1v) is 9.06. The molecule has 0 fully saturated rings. The summed E-state index contributed by atoms with van der Waals surface area (Å²) < 4.78 is 5.07. The van der Waals surface area contributed by atoms with Gasteiger partial charge in [0.15, 0.2) is 0 Å². The van der Waals surface area contributed by atoms with Crippen LogP contribution in [-0.4, -0.2) is 35.2 Å². The van der Waals surface area contributed by atoms with Gasteiger partial charge in [-0.1, -0.05) is 24.3 Å². The minimum Gasteiger partial charge on any atom is -0.508 e. The van der Waals surface area contributed by atoms with E-state index in [1.807, 2.05) is 0 Å². The number of benzene rings is 2. The maximum absolute atomic E-state index is 12.4. The van der Waals surface area contributed by atoms with Gasteiger partial charge in [-0.2, -0.15) is 0 Å². The van der Waals surface area contributed by atoms with Crippen molar-refractivity contribution in [2.45, 2.75) is 32.9 Å². The van der Waals surface area contributed by atoms with Crippen LogP contribution in [0.3, 0.4) is 0 Å². The molecule has 0 spiro atoms. The third-order valence-electron chi connectivity index (χ3n) is 3.64. The lowest BCUT2D eigenvalue weighted by atomic mass is 10.1. The van der Waals surface area contributed by atoms with E-state index < -0.39 is 17.6 Å². The predicted octanol–water partition coefficient (Wildman–Crippen LogP) is 2.79. The number of rotatable bonds is 6. The minimum absolute atomic E-state index is 0.00399. The van der Waals surface area contributed by atoms with Crippen molar-refractivity contribution < 1.29 is 24.2 Å². The van der Waals surface area contributed by atoms with Gasteiger partial charge in [-0.3, -0.25) is 9.59 Å². The van der Waals surface area contributed by atoms with Crippen LogP contribution in [0.4, 0.5) is 10.5 Å². The fourth-order valence-electron chi connectivity index (χ4n) is 2.36. The maximum Gasteiger partial charge on any atom is 0.408 e. The number of carbonyl (C=O) groups is 3. The van der Waals surface area contributed by atoms with Gasteiger partial charge in [0.25, 0.3) is 5.91 Å². The van der Waals surface area contributed by atoms with E-state index in [0.717, 1.165) is 0 Å². The van der Waals surface area contributed by atoms with Crippen LogP contribution in [0.25, 0.3) is 0 Å². The number of ether oxygens (including phenoxy) is 1. The Kier molecular flexibility index (Phi) is 7.19. The molecular formula is C21H25N3O5. The number of amides is 3. The number of carbonyl (C=O) groups excluding carboxylic acids is 3. The van der Waals surface area contributed by atoms with Gasteiger partial charge in [0.05, 0.1) is 0 Å². The summed E-state index contributed by atoms with van der Waals surface area (Å²) in [4.78, 5) is 36.0. The van der Waals surface area contributed by atoms with E-state index in [1.165, 1.54) is 12.1 Å². The highest BCUT2D eigenvalue weighted by molar-refractivity contribution is 6.04. The normalized spacial score (nSPS) is 10.7. The van der Waals surface area contributed by atoms with Crippen molar-refractivity contribution in [1.82, 2.24) is 10.6 Å². The lowest BCUT2D eigenvalue weighted by Gasteiger charge is -2.19. The molecule has 0 bridgehead atoms. The standard InChI is InChI=1S/C21H25N3O5/c1-21(2,3)29-20(28)23-13-18(26)22-12-15-7-4-5-10-17(15)24-19(27)14-8-6-9-16(25)11-14/h4-11,25H,12-13H2,1-3H3,(H,22,26)(H,23,28)(H,24,27). The topological polar surface area (TPSA) is 117 Å². The van der Waals surface area contributed by atoms with Crippen LogP contribution < -0.4 is 16.0 Å². The molecule has 4 N–H and O–H groups in total. The Morgan fingerprint density at radius 3 is 2.41 bits per heavy atom. The van der Waals surface area contributed by atoms with Crippen LogP contribution in [0, 0.1) is 0 Å². The summed E-state index contributed by atoms with van der Waals surface area (Å²) >= 11 is 0. The second kappa shape index (κ2) is 9.59. The van der Waals surface area contributed by atoms with E-state index in [1.54, 1.807) is 57.2 Å². The SMILES string of the molecule is CC(C)(C)OC(=O)NCC(=O)NCc1ccccc1NC(=O)c1cccc(O)c1. The second-order valence-electron chi connectivity index (χ2n) is 7.29. The van der Waals surface area contributed by atoms with Crippen LogP contribution in [0.5, 0.6) is 5.75 Å². The number of alkyl carbamates (subject to hydrolysis) is 1. The first-order valence-electron chi connectivity index (χ1n) is 9.06. The van der Waals surface area contributed by atoms with Crippen LogP contribution in [0.1, 0.15) is 36.7 Å². The minimum atomic E-state index is -0.675. The van der Waals surface area contributed by atoms with Gasteiger partial charge < -0.3 is 25.8 Å². The lowest BCUT2D eigenvalue weighted by Crippen LogP contribution is -2.39. The second-order valence-corrected chi connectivity index (χ2v) is 7.29. The highest BCUT2D eigenvalue weighted by Gasteiger charge is 2.16. The fraction of sp³-hybridized carbons (Fsp3) is 0.286. The van der Waals surface area contributed by atoms with Crippen molar-refractivity contribution >= 4 is 23.6 Å². The molecule has 0 aromatic heterocycles. The first-order chi connectivity index (χ1) is 13.6. The maximum atomic E-state index is 12.4. The molecule has 8 heteroatoms. The molecule has 0 saturated heterocycles. The molecule has 2 rings (SSSR count). The van der Waals surface area contributed by atoms with Crippen LogP contribution in [0.2, 0.25) is 0 Å². The van der Waals surface area contributed by atoms with Gasteiger partial charge in [-0.15, -0.1) is 0 Å². The van der Waals surface area contributed by atoms with Crippen LogP contribution in [-0.2, 0) is 16.1 Å². The molecule has 2 aromatic rings. The smallest absolute Gasteiger partial charge is 0.408 e. The summed E-state index contributed by atoms with van der Waals surface area (Å²) in [5.74, 6) is -0.785. The van der Waals surface area contributed by atoms with E-state index >= 15 is 0 Å². The van der Waals surface area contributed by atoms with Crippen molar-refractivity contribution in [3.63, 3.8) is 0 Å². The molecule has 0 aliphatic heterocycles. The Balaban J connectivity index is 1.91. The Labute approximate surface area is 169 Å². The van der Waals surface area contributed by atoms with Gasteiger partial charge in [-0.05, 0) is 50.6 Å². The van der Waals surface area contributed by atoms with E-state index in [0.29, 0.717) is 16.8 Å². The highest BCUT2D eigenvalue weighted by atomic mass is 16.6. The third kappa shape index (κ3) is 7.53. The molecule has 0 unspecified atom stereocenters. The molecule has 3 amide bonds. The third-order valence-corrected chi connectivity index (χ3v) is 3.64. The molecule has 0 saturated carbocycles. The van der Waals surface area contributed by atoms with Crippen molar-refractivity contribution in [2.75, 3.05) is 11.9 Å². The lowest BCUT2D eigenvalue weighted by molar-refractivity contribution is -0.120. The zero-order chi connectivity index (χ0) is 21.4. The Morgan fingerprint density at radius 1 is 1.00 bits per heavy atom. The summed E-state index contributed by atoms with van der Waals surface area (Å²) in [5, 5.41) is 17.3. The number of nitrogens with one attached hydrogen (secondary N) is 3. The van der Waals surface area contributed by atoms with E-state index in [4.69, 9.17) is 4.74 Å². The van der Waals surface area contributed by atoms with E-state index in [9.17, 15) is 19.5 Å². The van der Waals surface area contributed by atoms with Gasteiger partial charge in [-0.25, -0.2) is 4.79 Å². The van der Waals surface area contributed by atoms with Crippen molar-refractivity contribution in [3.05, 3.63) is 59.7 Å². The van der Waals surface area contributed by atoms with Gasteiger partial charge in [0, 0.05) is 17.8 Å². The van der Waals surface area contributed by atoms with Gasteiger partial charge in [0.1, 0.15) is 17.9 Å². The molecule has 0 radical (unpaired) electrons. The summed E-state index contributed by atoms with van der Waals surface area (Å²) in [5.41, 5.74) is 0.881. The summed E-state index contributed by atoms with van der Waals surface area (Å²) in [6.07, 6.45) is -0.675. The molecule has 8 nitrogen and oxygen atoms in total. The number of phenolic OH excluding ortho intramolecular Hbond substituents is 1. The zero-order valence-corrected chi connectivity index (χ0v) is 16.6. The summed E-state index contributed by atoms with van der Waals surface area (Å²) in [7, 11) is 0. The number of hydrogen-bond acceptors (Lipinski definition) is 5. The van der Waals surface area contributed by atoms with E-state index in [2.05, 4.69) is 16.0 Å². The highest BCUT2D eigenvalue weighted by Crippen LogP contribution is 2.17.